The Morgan fingerprint density at radius 2 is 2.00 bits per heavy atom. The number of nitrogens with one attached hydrogen (secondary N) is 1. The van der Waals surface area contributed by atoms with Gasteiger partial charge in [0.1, 0.15) is 0 Å². The summed E-state index contributed by atoms with van der Waals surface area (Å²) in [4.78, 5) is 12.0. The van der Waals surface area contributed by atoms with E-state index in [9.17, 15) is 4.79 Å². The van der Waals surface area contributed by atoms with Crippen LogP contribution in [0.1, 0.15) is 37.7 Å². The molecule has 0 unspecified atom stereocenters. The first-order valence-corrected chi connectivity index (χ1v) is 7.07. The fourth-order valence-corrected chi connectivity index (χ4v) is 3.71. The molecule has 0 aliphatic heterocycles. The van der Waals surface area contributed by atoms with Crippen molar-refractivity contribution in [2.24, 2.45) is 17.8 Å². The van der Waals surface area contributed by atoms with Gasteiger partial charge >= 0.3 is 0 Å². The van der Waals surface area contributed by atoms with E-state index < -0.39 is 0 Å². The summed E-state index contributed by atoms with van der Waals surface area (Å²) in [5.41, 5.74) is 2.15. The Bertz CT molecular complexity index is 437. The Hall–Kier alpha value is -1.31. The zero-order valence-electron chi connectivity index (χ0n) is 11.0. The summed E-state index contributed by atoms with van der Waals surface area (Å²) in [7, 11) is 0. The Balaban J connectivity index is 1.54. The molecule has 3 atom stereocenters. The molecule has 1 aromatic carbocycles. The van der Waals surface area contributed by atoms with Crippen LogP contribution < -0.4 is 5.32 Å². The third-order valence-corrected chi connectivity index (χ3v) is 4.67. The van der Waals surface area contributed by atoms with Gasteiger partial charge < -0.3 is 5.32 Å². The van der Waals surface area contributed by atoms with Gasteiger partial charge in [-0.15, -0.1) is 0 Å². The summed E-state index contributed by atoms with van der Waals surface area (Å²) in [6.07, 6.45) is 6.14. The van der Waals surface area contributed by atoms with E-state index in [1.54, 1.807) is 0 Å². The number of amides is 1. The maximum atomic E-state index is 12.0. The van der Waals surface area contributed by atoms with Gasteiger partial charge in [0.2, 0.25) is 5.91 Å². The summed E-state index contributed by atoms with van der Waals surface area (Å²) in [6, 6.07) is 8.03. The molecule has 2 heteroatoms. The highest BCUT2D eigenvalue weighted by atomic mass is 16.1. The minimum atomic E-state index is 0.191. The van der Waals surface area contributed by atoms with Crippen molar-refractivity contribution in [2.45, 2.75) is 39.0 Å². The molecule has 1 aromatic rings. The van der Waals surface area contributed by atoms with E-state index in [-0.39, 0.29) is 5.91 Å². The van der Waals surface area contributed by atoms with Crippen molar-refractivity contribution in [1.82, 2.24) is 0 Å². The summed E-state index contributed by atoms with van der Waals surface area (Å²) >= 11 is 0. The lowest BCUT2D eigenvalue weighted by Crippen LogP contribution is -2.20. The number of aryl methyl sites for hydroxylation is 1. The fourth-order valence-electron chi connectivity index (χ4n) is 3.71. The summed E-state index contributed by atoms with van der Waals surface area (Å²) in [6.45, 7) is 2.06. The summed E-state index contributed by atoms with van der Waals surface area (Å²) in [5.74, 6) is 2.59. The van der Waals surface area contributed by atoms with Crippen LogP contribution in [0.2, 0.25) is 0 Å². The second kappa shape index (κ2) is 4.75. The standard InChI is InChI=1S/C16H21NO/c1-11-2-6-15(7-3-11)17-16(18)10-14-9-12-4-5-13(14)8-12/h2-3,6-7,12-14H,4-5,8-10H2,1H3,(H,17,18)/t12-,13-,14-/m0/s1. The van der Waals surface area contributed by atoms with Crippen molar-refractivity contribution in [3.05, 3.63) is 29.8 Å². The van der Waals surface area contributed by atoms with Crippen LogP contribution in [0.5, 0.6) is 0 Å². The number of hydrogen-bond acceptors (Lipinski definition) is 1. The Morgan fingerprint density at radius 3 is 2.61 bits per heavy atom. The van der Waals surface area contributed by atoms with Gasteiger partial charge in [-0.3, -0.25) is 4.79 Å². The first-order chi connectivity index (χ1) is 8.70. The maximum Gasteiger partial charge on any atom is 0.224 e. The van der Waals surface area contributed by atoms with E-state index in [1.807, 2.05) is 24.3 Å². The molecule has 0 spiro atoms. The number of rotatable bonds is 3. The molecule has 0 saturated heterocycles. The predicted molar refractivity (Wildman–Crippen MR) is 73.4 cm³/mol. The van der Waals surface area contributed by atoms with E-state index in [1.165, 1.54) is 31.2 Å². The predicted octanol–water partition coefficient (Wildman–Crippen LogP) is 3.76. The number of carbonyl (C=O) groups is 1. The van der Waals surface area contributed by atoms with E-state index in [0.717, 1.165) is 23.9 Å². The third-order valence-electron chi connectivity index (χ3n) is 4.67. The molecule has 3 rings (SSSR count). The number of benzene rings is 1. The number of anilines is 1. The highest BCUT2D eigenvalue weighted by molar-refractivity contribution is 5.90. The second-order valence-electron chi connectivity index (χ2n) is 6.05. The Morgan fingerprint density at radius 1 is 1.22 bits per heavy atom. The highest BCUT2D eigenvalue weighted by Crippen LogP contribution is 2.49. The zero-order chi connectivity index (χ0) is 12.5. The van der Waals surface area contributed by atoms with Crippen LogP contribution in [0, 0.1) is 24.7 Å². The lowest BCUT2D eigenvalue weighted by Gasteiger charge is -2.20. The average molecular weight is 243 g/mol. The molecule has 2 nitrogen and oxygen atoms in total. The van der Waals surface area contributed by atoms with E-state index >= 15 is 0 Å². The van der Waals surface area contributed by atoms with Crippen LogP contribution >= 0.6 is 0 Å². The van der Waals surface area contributed by atoms with Crippen molar-refractivity contribution in [3.63, 3.8) is 0 Å². The zero-order valence-corrected chi connectivity index (χ0v) is 11.0. The minimum Gasteiger partial charge on any atom is -0.326 e. The van der Waals surface area contributed by atoms with Crippen LogP contribution in [0.15, 0.2) is 24.3 Å². The molecule has 2 saturated carbocycles. The normalized spacial score (nSPS) is 29.5. The summed E-state index contributed by atoms with van der Waals surface area (Å²) < 4.78 is 0. The van der Waals surface area contributed by atoms with Gasteiger partial charge in [0.05, 0.1) is 0 Å². The van der Waals surface area contributed by atoms with Gasteiger partial charge in [-0.1, -0.05) is 24.1 Å². The summed E-state index contributed by atoms with van der Waals surface area (Å²) in [5, 5.41) is 3.02. The fraction of sp³-hybridized carbons (Fsp3) is 0.562. The molecule has 0 heterocycles. The molecule has 1 amide bonds. The molecule has 2 aliphatic carbocycles. The second-order valence-corrected chi connectivity index (χ2v) is 6.05. The van der Waals surface area contributed by atoms with Gasteiger partial charge in [0.15, 0.2) is 0 Å². The average Bonchev–Trinajstić information content (AvgIpc) is 2.94. The minimum absolute atomic E-state index is 0.191. The van der Waals surface area contributed by atoms with Crippen molar-refractivity contribution in [2.75, 3.05) is 5.32 Å². The topological polar surface area (TPSA) is 29.1 Å². The molecule has 2 aliphatic rings. The quantitative estimate of drug-likeness (QED) is 0.860. The molecule has 18 heavy (non-hydrogen) atoms. The van der Waals surface area contributed by atoms with E-state index in [0.29, 0.717) is 5.92 Å². The number of fused-ring (bicyclic) bond motifs is 2. The lowest BCUT2D eigenvalue weighted by atomic mass is 9.86. The molecular weight excluding hydrogens is 222 g/mol. The molecule has 96 valence electrons. The smallest absolute Gasteiger partial charge is 0.224 e. The molecule has 2 bridgehead atoms. The van der Waals surface area contributed by atoms with Crippen molar-refractivity contribution in [3.8, 4) is 0 Å². The first-order valence-electron chi connectivity index (χ1n) is 7.07. The van der Waals surface area contributed by atoms with Crippen molar-refractivity contribution >= 4 is 11.6 Å². The number of hydrogen-bond donors (Lipinski definition) is 1. The van der Waals surface area contributed by atoms with Crippen LogP contribution in [0.25, 0.3) is 0 Å². The van der Waals surface area contributed by atoms with Gasteiger partial charge in [0.25, 0.3) is 0 Å². The highest BCUT2D eigenvalue weighted by Gasteiger charge is 2.40. The molecule has 0 radical (unpaired) electrons. The van der Waals surface area contributed by atoms with Gasteiger partial charge in [-0.2, -0.15) is 0 Å². The van der Waals surface area contributed by atoms with Crippen LogP contribution in [-0.4, -0.2) is 5.91 Å². The number of carbonyl (C=O) groups excluding carboxylic acids is 1. The van der Waals surface area contributed by atoms with E-state index in [2.05, 4.69) is 12.2 Å². The van der Waals surface area contributed by atoms with E-state index in [4.69, 9.17) is 0 Å². The monoisotopic (exact) mass is 243 g/mol. The maximum absolute atomic E-state index is 12.0. The first kappa shape index (κ1) is 11.8. The largest absolute Gasteiger partial charge is 0.326 e. The third kappa shape index (κ3) is 2.43. The Labute approximate surface area is 109 Å². The molecule has 0 aromatic heterocycles. The van der Waals surface area contributed by atoms with Crippen LogP contribution in [0.3, 0.4) is 0 Å². The molecule has 2 fully saturated rings. The van der Waals surface area contributed by atoms with Crippen molar-refractivity contribution < 1.29 is 4.79 Å². The van der Waals surface area contributed by atoms with Crippen LogP contribution in [-0.2, 0) is 4.79 Å². The lowest BCUT2D eigenvalue weighted by molar-refractivity contribution is -0.117. The van der Waals surface area contributed by atoms with Gasteiger partial charge in [-0.25, -0.2) is 0 Å². The Kier molecular flexibility index (Phi) is 3.11. The van der Waals surface area contributed by atoms with Gasteiger partial charge in [0, 0.05) is 12.1 Å². The van der Waals surface area contributed by atoms with Gasteiger partial charge in [-0.05, 0) is 56.1 Å². The van der Waals surface area contributed by atoms with Crippen LogP contribution in [0.4, 0.5) is 5.69 Å². The van der Waals surface area contributed by atoms with Crippen molar-refractivity contribution in [1.29, 1.82) is 0 Å². The molecular formula is C16H21NO. The molecule has 1 N–H and O–H groups in total. The SMILES string of the molecule is Cc1ccc(NC(=O)C[C@@H]2C[C@H]3CC[C@H]2C3)cc1.